The first-order chi connectivity index (χ1) is 15.4. The number of fused-ring (bicyclic) bond motifs is 1. The van der Waals surface area contributed by atoms with Crippen LogP contribution < -0.4 is 4.90 Å². The van der Waals surface area contributed by atoms with Crippen LogP contribution in [0.2, 0.25) is 0 Å². The van der Waals surface area contributed by atoms with Crippen molar-refractivity contribution in [2.75, 3.05) is 37.6 Å². The number of ether oxygens (including phenoxy) is 1. The highest BCUT2D eigenvalue weighted by Gasteiger charge is 2.38. The molecule has 1 N–H and O–H groups in total. The predicted octanol–water partition coefficient (Wildman–Crippen LogP) is 3.63. The van der Waals surface area contributed by atoms with Gasteiger partial charge in [0.05, 0.1) is 24.1 Å². The van der Waals surface area contributed by atoms with E-state index in [2.05, 4.69) is 35.7 Å². The summed E-state index contributed by atoms with van der Waals surface area (Å²) in [6.45, 7) is 7.00. The van der Waals surface area contributed by atoms with E-state index in [1.54, 1.807) is 12.3 Å². The van der Waals surface area contributed by atoms with Gasteiger partial charge < -0.3 is 19.6 Å². The number of piperidine rings is 2. The molecule has 3 aliphatic heterocycles. The Balaban J connectivity index is 1.15. The molecule has 1 aromatic heterocycles. The second-order valence-electron chi connectivity index (χ2n) is 9.38. The number of carbonyl (C=O) groups is 1. The van der Waals surface area contributed by atoms with E-state index in [4.69, 9.17) is 4.74 Å². The number of halogens is 1. The van der Waals surface area contributed by atoms with Gasteiger partial charge in [-0.25, -0.2) is 14.8 Å². The van der Waals surface area contributed by atoms with Gasteiger partial charge in [-0.05, 0) is 84.2 Å². The van der Waals surface area contributed by atoms with Crippen LogP contribution in [0.5, 0.6) is 0 Å². The minimum atomic E-state index is -0.553. The van der Waals surface area contributed by atoms with Crippen molar-refractivity contribution in [3.05, 3.63) is 51.4 Å². The lowest BCUT2D eigenvalue weighted by Crippen LogP contribution is -2.47. The highest BCUT2D eigenvalue weighted by Crippen LogP contribution is 2.42. The molecule has 8 heteroatoms. The lowest BCUT2D eigenvalue weighted by Gasteiger charge is -2.47. The van der Waals surface area contributed by atoms with Crippen molar-refractivity contribution in [1.82, 2.24) is 14.9 Å². The SMILES string of the molecule is Cc1c([C@@H](O)CN2CCC3(CC2)CCN(c2cnc(Br)cn2)CC3)ccc2c1COC2=O. The zero-order valence-corrected chi connectivity index (χ0v) is 20.0. The fourth-order valence-corrected chi connectivity index (χ4v) is 5.67. The summed E-state index contributed by atoms with van der Waals surface area (Å²) >= 11 is 3.35. The van der Waals surface area contributed by atoms with Gasteiger partial charge in [0.1, 0.15) is 17.0 Å². The van der Waals surface area contributed by atoms with Crippen molar-refractivity contribution in [2.24, 2.45) is 5.41 Å². The smallest absolute Gasteiger partial charge is 0.338 e. The van der Waals surface area contributed by atoms with Crippen molar-refractivity contribution in [3.8, 4) is 0 Å². The summed E-state index contributed by atoms with van der Waals surface area (Å²) in [6, 6.07) is 3.68. The van der Waals surface area contributed by atoms with Gasteiger partial charge in [-0.3, -0.25) is 0 Å². The topological polar surface area (TPSA) is 78.8 Å². The molecule has 0 amide bonds. The molecule has 0 unspecified atom stereocenters. The number of anilines is 1. The zero-order valence-electron chi connectivity index (χ0n) is 18.4. The quantitative estimate of drug-likeness (QED) is 0.641. The largest absolute Gasteiger partial charge is 0.457 e. The number of rotatable bonds is 4. The van der Waals surface area contributed by atoms with Crippen LogP contribution in [0.4, 0.5) is 5.82 Å². The van der Waals surface area contributed by atoms with Crippen molar-refractivity contribution in [1.29, 1.82) is 0 Å². The molecule has 3 aliphatic rings. The van der Waals surface area contributed by atoms with Crippen molar-refractivity contribution < 1.29 is 14.6 Å². The third-order valence-corrected chi connectivity index (χ3v) is 8.08. The third-order valence-electron chi connectivity index (χ3n) is 7.67. The summed E-state index contributed by atoms with van der Waals surface area (Å²) in [5.74, 6) is 0.698. The molecule has 0 saturated carbocycles. The second kappa shape index (κ2) is 8.72. The van der Waals surface area contributed by atoms with Gasteiger partial charge in [-0.1, -0.05) is 6.07 Å². The van der Waals surface area contributed by atoms with E-state index in [9.17, 15) is 9.90 Å². The number of β-amino-alcohol motifs (C(OH)–C–C–N with tert-alkyl or cyclic N) is 1. The first-order valence-electron chi connectivity index (χ1n) is 11.4. The molecule has 7 nitrogen and oxygen atoms in total. The van der Waals surface area contributed by atoms with Gasteiger partial charge in [-0.15, -0.1) is 0 Å². The number of benzene rings is 1. The van der Waals surface area contributed by atoms with E-state index in [-0.39, 0.29) is 5.97 Å². The van der Waals surface area contributed by atoms with Crippen LogP contribution in [-0.4, -0.2) is 58.7 Å². The molecule has 2 aromatic rings. The summed E-state index contributed by atoms with van der Waals surface area (Å²) < 4.78 is 5.91. The molecule has 5 rings (SSSR count). The summed E-state index contributed by atoms with van der Waals surface area (Å²) in [5.41, 5.74) is 3.86. The van der Waals surface area contributed by atoms with Crippen molar-refractivity contribution in [2.45, 2.75) is 45.3 Å². The Bertz CT molecular complexity index is 995. The minimum absolute atomic E-state index is 0.260. The van der Waals surface area contributed by atoms with Crippen molar-refractivity contribution in [3.63, 3.8) is 0 Å². The second-order valence-corrected chi connectivity index (χ2v) is 10.2. The molecule has 2 fully saturated rings. The molecular weight excluding hydrogens is 472 g/mol. The molecule has 170 valence electrons. The molecular formula is C24H29BrN4O3. The zero-order chi connectivity index (χ0) is 22.3. The van der Waals surface area contributed by atoms with E-state index in [0.717, 1.165) is 53.3 Å². The summed E-state index contributed by atoms with van der Waals surface area (Å²) in [4.78, 5) is 25.3. The molecule has 0 aliphatic carbocycles. The Morgan fingerprint density at radius 1 is 1.12 bits per heavy atom. The van der Waals surface area contributed by atoms with Gasteiger partial charge in [-0.2, -0.15) is 0 Å². The van der Waals surface area contributed by atoms with Crippen LogP contribution in [-0.2, 0) is 11.3 Å². The fourth-order valence-electron chi connectivity index (χ4n) is 5.46. The number of likely N-dealkylation sites (tertiary alicyclic amines) is 1. The fraction of sp³-hybridized carbons (Fsp3) is 0.542. The first kappa shape index (κ1) is 21.8. The number of aromatic nitrogens is 2. The average Bonchev–Trinajstić information content (AvgIpc) is 3.18. The van der Waals surface area contributed by atoms with Crippen LogP contribution in [0.3, 0.4) is 0 Å². The third kappa shape index (κ3) is 4.16. The Morgan fingerprint density at radius 3 is 2.53 bits per heavy atom. The van der Waals surface area contributed by atoms with Crippen LogP contribution in [0.15, 0.2) is 29.1 Å². The summed E-state index contributed by atoms with van der Waals surface area (Å²) in [6.07, 6.45) is 7.75. The Morgan fingerprint density at radius 2 is 1.84 bits per heavy atom. The number of aliphatic hydroxyl groups is 1. The number of hydrogen-bond donors (Lipinski definition) is 1. The summed E-state index contributed by atoms with van der Waals surface area (Å²) in [5, 5.41) is 10.9. The molecule has 32 heavy (non-hydrogen) atoms. The molecule has 1 spiro atoms. The molecule has 0 bridgehead atoms. The predicted molar refractivity (Wildman–Crippen MR) is 125 cm³/mol. The number of hydrogen-bond acceptors (Lipinski definition) is 7. The van der Waals surface area contributed by atoms with Gasteiger partial charge in [0.15, 0.2) is 0 Å². The maximum atomic E-state index is 11.8. The number of cyclic esters (lactones) is 1. The van der Waals surface area contributed by atoms with Gasteiger partial charge in [0.25, 0.3) is 0 Å². The lowest BCUT2D eigenvalue weighted by atomic mass is 9.71. The minimum Gasteiger partial charge on any atom is -0.457 e. The van der Waals surface area contributed by atoms with Crippen LogP contribution in [0.25, 0.3) is 0 Å². The van der Waals surface area contributed by atoms with E-state index >= 15 is 0 Å². The number of nitrogens with zero attached hydrogens (tertiary/aromatic N) is 4. The van der Waals surface area contributed by atoms with Gasteiger partial charge in [0.2, 0.25) is 0 Å². The van der Waals surface area contributed by atoms with Crippen LogP contribution in [0, 0.1) is 12.3 Å². The van der Waals surface area contributed by atoms with E-state index in [1.165, 1.54) is 25.7 Å². The van der Waals surface area contributed by atoms with E-state index in [0.29, 0.717) is 24.1 Å². The van der Waals surface area contributed by atoms with Gasteiger partial charge >= 0.3 is 5.97 Å². The molecule has 1 aromatic carbocycles. The number of aliphatic hydroxyl groups excluding tert-OH is 1. The normalized spacial score (nSPS) is 21.5. The maximum Gasteiger partial charge on any atom is 0.338 e. The number of carbonyl (C=O) groups excluding carboxylic acids is 1. The molecule has 4 heterocycles. The standard InChI is InChI=1S/C24H29BrN4O3/c1-16-17(2-3-18-19(16)15-32-23(18)31)20(30)14-28-8-4-24(5-9-28)6-10-29(11-7-24)22-13-26-21(25)12-27-22/h2-3,12-13,20,30H,4-11,14-15H2,1H3/t20-/m0/s1. The molecule has 1 atom stereocenters. The van der Waals surface area contributed by atoms with Crippen molar-refractivity contribution >= 4 is 27.7 Å². The van der Waals surface area contributed by atoms with E-state index < -0.39 is 6.10 Å². The first-order valence-corrected chi connectivity index (χ1v) is 12.2. The Labute approximate surface area is 196 Å². The highest BCUT2D eigenvalue weighted by atomic mass is 79.9. The average molecular weight is 501 g/mol. The lowest BCUT2D eigenvalue weighted by molar-refractivity contribution is 0.0447. The highest BCUT2D eigenvalue weighted by molar-refractivity contribution is 9.10. The Kier molecular flexibility index (Phi) is 5.94. The number of esters is 1. The molecule has 0 radical (unpaired) electrons. The van der Waals surface area contributed by atoms with Crippen LogP contribution >= 0.6 is 15.9 Å². The summed E-state index contributed by atoms with van der Waals surface area (Å²) in [7, 11) is 0. The van der Waals surface area contributed by atoms with E-state index in [1.807, 2.05) is 19.2 Å². The van der Waals surface area contributed by atoms with Crippen LogP contribution in [0.1, 0.15) is 58.8 Å². The Hall–Kier alpha value is -2.03. The monoisotopic (exact) mass is 500 g/mol. The maximum absolute atomic E-state index is 11.8. The van der Waals surface area contributed by atoms with Gasteiger partial charge in [0, 0.05) is 25.2 Å². The molecule has 2 saturated heterocycles.